The summed E-state index contributed by atoms with van der Waals surface area (Å²) < 4.78 is 25.4. The third-order valence-electron chi connectivity index (χ3n) is 5.07. The van der Waals surface area contributed by atoms with Crippen LogP contribution in [0.25, 0.3) is 0 Å². The fourth-order valence-electron chi connectivity index (χ4n) is 3.45. The highest BCUT2D eigenvalue weighted by atomic mass is 32.2. The Hall–Kier alpha value is -2.87. The van der Waals surface area contributed by atoms with Gasteiger partial charge in [-0.15, -0.1) is 0 Å². The van der Waals surface area contributed by atoms with Gasteiger partial charge >= 0.3 is 0 Å². The molecule has 1 heterocycles. The first kappa shape index (κ1) is 21.8. The highest BCUT2D eigenvalue weighted by molar-refractivity contribution is 7.92. The van der Waals surface area contributed by atoms with E-state index in [0.29, 0.717) is 16.8 Å². The van der Waals surface area contributed by atoms with Gasteiger partial charge in [0.15, 0.2) is 0 Å². The van der Waals surface area contributed by atoms with Crippen molar-refractivity contribution in [2.24, 2.45) is 0 Å². The van der Waals surface area contributed by atoms with Crippen LogP contribution in [0.2, 0.25) is 0 Å². The second-order valence-corrected chi connectivity index (χ2v) is 9.39. The Morgan fingerprint density at radius 2 is 1.73 bits per heavy atom. The van der Waals surface area contributed by atoms with Crippen molar-refractivity contribution in [3.8, 4) is 0 Å². The molecule has 3 rings (SSSR count). The number of benzene rings is 2. The van der Waals surface area contributed by atoms with Gasteiger partial charge in [0.05, 0.1) is 11.9 Å². The van der Waals surface area contributed by atoms with Crippen molar-refractivity contribution in [1.29, 1.82) is 0 Å². The largest absolute Gasteiger partial charge is 0.348 e. The lowest BCUT2D eigenvalue weighted by Crippen LogP contribution is -2.35. The van der Waals surface area contributed by atoms with Crippen molar-refractivity contribution < 1.29 is 18.0 Å². The van der Waals surface area contributed by atoms with Gasteiger partial charge in [-0.05, 0) is 61.6 Å². The lowest BCUT2D eigenvalue weighted by Gasteiger charge is -2.26. The average molecular weight is 430 g/mol. The number of nitrogens with one attached hydrogen (secondary N) is 2. The molecule has 2 aromatic rings. The highest BCUT2D eigenvalue weighted by Crippen LogP contribution is 2.18. The lowest BCUT2D eigenvalue weighted by atomic mass is 10.1. The minimum atomic E-state index is -3.44. The Labute approximate surface area is 177 Å². The van der Waals surface area contributed by atoms with Gasteiger partial charge in [-0.1, -0.05) is 18.2 Å². The second-order valence-electron chi connectivity index (χ2n) is 7.64. The van der Waals surface area contributed by atoms with E-state index in [9.17, 15) is 18.0 Å². The van der Waals surface area contributed by atoms with Crippen LogP contribution in [0.4, 0.5) is 5.69 Å². The maximum atomic E-state index is 12.7. The van der Waals surface area contributed by atoms with Crippen LogP contribution in [0.5, 0.6) is 0 Å². The number of nitrogens with zero attached hydrogens (tertiary/aromatic N) is 1. The van der Waals surface area contributed by atoms with Crippen LogP contribution >= 0.6 is 0 Å². The number of carbonyl (C=O) groups is 2. The number of carbonyl (C=O) groups excluding carboxylic acids is 2. The number of hydrogen-bond donors (Lipinski definition) is 2. The summed E-state index contributed by atoms with van der Waals surface area (Å²) in [5, 5.41) is 2.83. The molecular formula is C22H27N3O4S. The Morgan fingerprint density at radius 1 is 1.00 bits per heavy atom. The van der Waals surface area contributed by atoms with Crippen molar-refractivity contribution in [3.63, 3.8) is 0 Å². The number of hydrogen-bond acceptors (Lipinski definition) is 4. The van der Waals surface area contributed by atoms with Crippen molar-refractivity contribution >= 4 is 27.5 Å². The first-order valence-electron chi connectivity index (χ1n) is 9.98. The van der Waals surface area contributed by atoms with Gasteiger partial charge in [-0.25, -0.2) is 8.42 Å². The number of anilines is 1. The maximum Gasteiger partial charge on any atom is 0.253 e. The van der Waals surface area contributed by atoms with Crippen molar-refractivity contribution in [2.45, 2.75) is 32.7 Å². The minimum absolute atomic E-state index is 0.0258. The molecule has 1 saturated heterocycles. The molecule has 2 N–H and O–H groups in total. The van der Waals surface area contributed by atoms with E-state index in [-0.39, 0.29) is 18.4 Å². The van der Waals surface area contributed by atoms with Gasteiger partial charge in [0, 0.05) is 30.8 Å². The predicted octanol–water partition coefficient (Wildman–Crippen LogP) is 2.92. The SMILES string of the molecule is Cc1ccc(C(=O)NCc2cccc(C(=O)N3CCCCC3)c2)cc1NS(C)(=O)=O. The molecule has 30 heavy (non-hydrogen) atoms. The Kier molecular flexibility index (Phi) is 6.77. The van der Waals surface area contributed by atoms with E-state index in [1.807, 2.05) is 23.1 Å². The molecule has 160 valence electrons. The fraction of sp³-hybridized carbons (Fsp3) is 0.364. The van der Waals surface area contributed by atoms with Crippen LogP contribution in [0, 0.1) is 6.92 Å². The molecule has 2 amide bonds. The smallest absolute Gasteiger partial charge is 0.253 e. The molecule has 0 unspecified atom stereocenters. The van der Waals surface area contributed by atoms with Crippen molar-refractivity contribution in [3.05, 3.63) is 64.7 Å². The lowest BCUT2D eigenvalue weighted by molar-refractivity contribution is 0.0724. The number of piperidine rings is 1. The molecule has 0 aromatic heterocycles. The Morgan fingerprint density at radius 3 is 2.43 bits per heavy atom. The molecule has 1 aliphatic rings. The highest BCUT2D eigenvalue weighted by Gasteiger charge is 2.18. The first-order valence-corrected chi connectivity index (χ1v) is 11.9. The molecule has 7 nitrogen and oxygen atoms in total. The number of rotatable bonds is 6. The van der Waals surface area contributed by atoms with Crippen LogP contribution in [-0.4, -0.2) is 44.5 Å². The van der Waals surface area contributed by atoms with Crippen molar-refractivity contribution in [2.75, 3.05) is 24.1 Å². The van der Waals surface area contributed by atoms with Crippen molar-refractivity contribution in [1.82, 2.24) is 10.2 Å². The second kappa shape index (κ2) is 9.30. The normalized spacial score (nSPS) is 14.3. The van der Waals surface area contributed by atoms with Gasteiger partial charge in [0.2, 0.25) is 10.0 Å². The summed E-state index contributed by atoms with van der Waals surface area (Å²) in [7, 11) is -3.44. The van der Waals surface area contributed by atoms with Gasteiger partial charge in [-0.3, -0.25) is 14.3 Å². The third kappa shape index (κ3) is 5.82. The van der Waals surface area contributed by atoms with Gasteiger partial charge in [0.25, 0.3) is 11.8 Å². The average Bonchev–Trinajstić information content (AvgIpc) is 2.73. The molecule has 0 atom stereocenters. The summed E-state index contributed by atoms with van der Waals surface area (Å²) >= 11 is 0. The fourth-order valence-corrected chi connectivity index (χ4v) is 4.07. The number of likely N-dealkylation sites (tertiary alicyclic amines) is 1. The van der Waals surface area contributed by atoms with E-state index in [1.165, 1.54) is 6.07 Å². The summed E-state index contributed by atoms with van der Waals surface area (Å²) in [6.45, 7) is 3.61. The van der Waals surface area contributed by atoms with Crippen LogP contribution < -0.4 is 10.0 Å². The van der Waals surface area contributed by atoms with Crippen LogP contribution in [0.3, 0.4) is 0 Å². The molecule has 1 aliphatic heterocycles. The monoisotopic (exact) mass is 429 g/mol. The molecular weight excluding hydrogens is 402 g/mol. The Balaban J connectivity index is 1.66. The molecule has 8 heteroatoms. The molecule has 2 aromatic carbocycles. The van der Waals surface area contributed by atoms with Crippen LogP contribution in [-0.2, 0) is 16.6 Å². The van der Waals surface area contributed by atoms with E-state index in [2.05, 4.69) is 10.0 Å². The number of aryl methyl sites for hydroxylation is 1. The van der Waals surface area contributed by atoms with E-state index in [0.717, 1.165) is 49.7 Å². The predicted molar refractivity (Wildman–Crippen MR) is 117 cm³/mol. The summed E-state index contributed by atoms with van der Waals surface area (Å²) in [4.78, 5) is 27.1. The Bertz CT molecular complexity index is 1040. The number of amides is 2. The summed E-state index contributed by atoms with van der Waals surface area (Å²) in [5.41, 5.74) is 2.90. The van der Waals surface area contributed by atoms with E-state index >= 15 is 0 Å². The standard InChI is InChI=1S/C22H27N3O4S/c1-16-9-10-18(14-20(16)24-30(2,28)29)21(26)23-15-17-7-6-8-19(13-17)22(27)25-11-4-3-5-12-25/h6-10,13-14,24H,3-5,11-12,15H2,1-2H3,(H,23,26). The zero-order valence-corrected chi connectivity index (χ0v) is 18.1. The van der Waals surface area contributed by atoms with E-state index in [1.54, 1.807) is 25.1 Å². The summed E-state index contributed by atoms with van der Waals surface area (Å²) in [5.74, 6) is -0.294. The summed E-state index contributed by atoms with van der Waals surface area (Å²) in [6, 6.07) is 12.1. The first-order chi connectivity index (χ1) is 14.2. The minimum Gasteiger partial charge on any atom is -0.348 e. The maximum absolute atomic E-state index is 12.7. The third-order valence-corrected chi connectivity index (χ3v) is 5.66. The van der Waals surface area contributed by atoms with Gasteiger partial charge < -0.3 is 10.2 Å². The molecule has 0 bridgehead atoms. The van der Waals surface area contributed by atoms with E-state index in [4.69, 9.17) is 0 Å². The van der Waals surface area contributed by atoms with Crippen LogP contribution in [0.1, 0.15) is 51.1 Å². The van der Waals surface area contributed by atoms with Gasteiger partial charge in [-0.2, -0.15) is 0 Å². The molecule has 0 aliphatic carbocycles. The quantitative estimate of drug-likeness (QED) is 0.738. The molecule has 0 radical (unpaired) electrons. The zero-order chi connectivity index (χ0) is 21.7. The molecule has 0 saturated carbocycles. The van der Waals surface area contributed by atoms with E-state index < -0.39 is 10.0 Å². The topological polar surface area (TPSA) is 95.6 Å². The molecule has 0 spiro atoms. The zero-order valence-electron chi connectivity index (χ0n) is 17.3. The van der Waals surface area contributed by atoms with Gasteiger partial charge in [0.1, 0.15) is 0 Å². The summed E-state index contributed by atoms with van der Waals surface area (Å²) in [6.07, 6.45) is 4.30. The molecule has 1 fully saturated rings. The van der Waals surface area contributed by atoms with Crippen LogP contribution in [0.15, 0.2) is 42.5 Å². The number of sulfonamides is 1.